The van der Waals surface area contributed by atoms with E-state index in [9.17, 15) is 9.59 Å². The third kappa shape index (κ3) is 4.54. The zero-order valence-corrected chi connectivity index (χ0v) is 20.6. The number of carbonyl (C=O) groups is 1. The Balaban J connectivity index is 1.37. The number of pyridine rings is 1. The molecule has 1 amide bonds. The van der Waals surface area contributed by atoms with Crippen molar-refractivity contribution in [3.05, 3.63) is 98.3 Å². The molecular formula is C27H27N5O2S. The van der Waals surface area contributed by atoms with E-state index in [2.05, 4.69) is 20.9 Å². The molecule has 1 fully saturated rings. The second-order valence-electron chi connectivity index (χ2n) is 8.98. The van der Waals surface area contributed by atoms with Crippen molar-refractivity contribution in [1.82, 2.24) is 24.3 Å². The number of carbonyl (C=O) groups excluding carboxylic acids is 1. The van der Waals surface area contributed by atoms with Crippen molar-refractivity contribution in [3.8, 4) is 5.69 Å². The first-order chi connectivity index (χ1) is 16.9. The minimum Gasteiger partial charge on any atom is -0.336 e. The van der Waals surface area contributed by atoms with Crippen LogP contribution in [0.15, 0.2) is 65.7 Å². The van der Waals surface area contributed by atoms with Crippen molar-refractivity contribution in [3.63, 3.8) is 0 Å². The summed E-state index contributed by atoms with van der Waals surface area (Å²) >= 11 is 5.55. The van der Waals surface area contributed by atoms with Gasteiger partial charge in [0.25, 0.3) is 11.5 Å². The maximum absolute atomic E-state index is 13.4. The van der Waals surface area contributed by atoms with Gasteiger partial charge in [-0.05, 0) is 73.1 Å². The van der Waals surface area contributed by atoms with Crippen LogP contribution >= 0.6 is 12.2 Å². The van der Waals surface area contributed by atoms with E-state index in [0.29, 0.717) is 34.3 Å². The third-order valence-corrected chi connectivity index (χ3v) is 7.03. The molecule has 0 aliphatic carbocycles. The first kappa shape index (κ1) is 23.1. The van der Waals surface area contributed by atoms with Crippen LogP contribution in [-0.2, 0) is 6.54 Å². The molecule has 8 heteroatoms. The van der Waals surface area contributed by atoms with Crippen LogP contribution in [0.5, 0.6) is 0 Å². The number of aryl methyl sites for hydroxylation is 1. The quantitative estimate of drug-likeness (QED) is 0.442. The SMILES string of the molecule is Cc1cccc(-n2c(=S)[nH]c3cc(C(=O)N4CCN(Cc5cccnc5)CC4)ccc3c2=O)c1C. The highest BCUT2D eigenvalue weighted by Crippen LogP contribution is 2.19. The number of aromatic amines is 1. The number of piperazine rings is 1. The lowest BCUT2D eigenvalue weighted by Crippen LogP contribution is -2.48. The van der Waals surface area contributed by atoms with Crippen LogP contribution in [0, 0.1) is 18.6 Å². The Morgan fingerprint density at radius 3 is 2.60 bits per heavy atom. The van der Waals surface area contributed by atoms with Gasteiger partial charge < -0.3 is 9.88 Å². The molecule has 0 spiro atoms. The van der Waals surface area contributed by atoms with Gasteiger partial charge in [-0.1, -0.05) is 18.2 Å². The smallest absolute Gasteiger partial charge is 0.266 e. The zero-order valence-electron chi connectivity index (χ0n) is 19.8. The highest BCUT2D eigenvalue weighted by Gasteiger charge is 2.23. The molecule has 1 saturated heterocycles. The maximum Gasteiger partial charge on any atom is 0.266 e. The summed E-state index contributed by atoms with van der Waals surface area (Å²) in [6.07, 6.45) is 3.65. The van der Waals surface area contributed by atoms with Gasteiger partial charge in [-0.25, -0.2) is 0 Å². The Bertz CT molecular complexity index is 1520. The zero-order chi connectivity index (χ0) is 24.5. The van der Waals surface area contributed by atoms with Gasteiger partial charge in [0.1, 0.15) is 0 Å². The van der Waals surface area contributed by atoms with E-state index in [1.807, 2.05) is 49.2 Å². The molecule has 1 N–H and O–H groups in total. The summed E-state index contributed by atoms with van der Waals surface area (Å²) in [7, 11) is 0. The molecule has 0 radical (unpaired) electrons. The lowest BCUT2D eigenvalue weighted by atomic mass is 10.1. The Morgan fingerprint density at radius 1 is 1.06 bits per heavy atom. The van der Waals surface area contributed by atoms with Crippen molar-refractivity contribution in [1.29, 1.82) is 0 Å². The molecule has 3 heterocycles. The summed E-state index contributed by atoms with van der Waals surface area (Å²) in [6, 6.07) is 15.0. The number of nitrogens with zero attached hydrogens (tertiary/aromatic N) is 4. The molecule has 0 bridgehead atoms. The van der Waals surface area contributed by atoms with Crippen molar-refractivity contribution >= 4 is 29.0 Å². The van der Waals surface area contributed by atoms with E-state index >= 15 is 0 Å². The second kappa shape index (κ2) is 9.56. The molecule has 2 aromatic carbocycles. The molecule has 7 nitrogen and oxygen atoms in total. The first-order valence-electron chi connectivity index (χ1n) is 11.7. The number of hydrogen-bond acceptors (Lipinski definition) is 5. The lowest BCUT2D eigenvalue weighted by Gasteiger charge is -2.34. The Kier molecular flexibility index (Phi) is 6.32. The fourth-order valence-electron chi connectivity index (χ4n) is 4.59. The molecule has 0 saturated carbocycles. The monoisotopic (exact) mass is 485 g/mol. The number of H-pyrrole nitrogens is 1. The summed E-state index contributed by atoms with van der Waals surface area (Å²) in [5.74, 6) is -0.0362. The van der Waals surface area contributed by atoms with Crippen molar-refractivity contribution < 1.29 is 4.79 Å². The van der Waals surface area contributed by atoms with Gasteiger partial charge in [-0.2, -0.15) is 0 Å². The van der Waals surface area contributed by atoms with E-state index in [1.165, 1.54) is 10.1 Å². The highest BCUT2D eigenvalue weighted by molar-refractivity contribution is 7.71. The molecule has 0 atom stereocenters. The Hall–Kier alpha value is -3.62. The number of hydrogen-bond donors (Lipinski definition) is 1. The fourth-order valence-corrected chi connectivity index (χ4v) is 4.88. The van der Waals surface area contributed by atoms with Gasteiger partial charge in [0, 0.05) is 50.7 Å². The number of nitrogens with one attached hydrogen (secondary N) is 1. The summed E-state index contributed by atoms with van der Waals surface area (Å²) in [5.41, 5.74) is 4.95. The predicted octanol–water partition coefficient (Wildman–Crippen LogP) is 4.02. The molecule has 0 unspecified atom stereocenters. The van der Waals surface area contributed by atoms with Gasteiger partial charge in [-0.3, -0.25) is 24.0 Å². The summed E-state index contributed by atoms with van der Waals surface area (Å²) in [6.45, 7) is 7.73. The lowest BCUT2D eigenvalue weighted by molar-refractivity contribution is 0.0628. The van der Waals surface area contributed by atoms with Crippen molar-refractivity contribution in [2.75, 3.05) is 26.2 Å². The second-order valence-corrected chi connectivity index (χ2v) is 9.37. The van der Waals surface area contributed by atoms with Crippen LogP contribution in [0.1, 0.15) is 27.0 Å². The molecule has 5 rings (SSSR count). The molecular weight excluding hydrogens is 458 g/mol. The number of rotatable bonds is 4. The maximum atomic E-state index is 13.4. The largest absolute Gasteiger partial charge is 0.336 e. The molecule has 35 heavy (non-hydrogen) atoms. The van der Waals surface area contributed by atoms with Gasteiger partial charge in [0.05, 0.1) is 16.6 Å². The van der Waals surface area contributed by atoms with E-state index < -0.39 is 0 Å². The Labute approximate surface area is 208 Å². The van der Waals surface area contributed by atoms with E-state index in [4.69, 9.17) is 12.2 Å². The van der Waals surface area contributed by atoms with E-state index in [1.54, 1.807) is 24.4 Å². The van der Waals surface area contributed by atoms with Crippen LogP contribution < -0.4 is 5.56 Å². The van der Waals surface area contributed by atoms with Crippen LogP contribution in [0.3, 0.4) is 0 Å². The predicted molar refractivity (Wildman–Crippen MR) is 140 cm³/mol. The molecule has 4 aromatic rings. The topological polar surface area (TPSA) is 74.2 Å². The Morgan fingerprint density at radius 2 is 1.86 bits per heavy atom. The van der Waals surface area contributed by atoms with Crippen LogP contribution in [0.2, 0.25) is 0 Å². The minimum absolute atomic E-state index is 0.0362. The molecule has 1 aliphatic rings. The van der Waals surface area contributed by atoms with Gasteiger partial charge in [0.2, 0.25) is 0 Å². The number of fused-ring (bicyclic) bond motifs is 1. The van der Waals surface area contributed by atoms with Crippen molar-refractivity contribution in [2.45, 2.75) is 20.4 Å². The first-order valence-corrected chi connectivity index (χ1v) is 12.1. The molecule has 1 aliphatic heterocycles. The number of aromatic nitrogens is 3. The molecule has 178 valence electrons. The summed E-state index contributed by atoms with van der Waals surface area (Å²) in [5, 5.41) is 0.498. The van der Waals surface area contributed by atoms with Crippen LogP contribution in [0.25, 0.3) is 16.6 Å². The van der Waals surface area contributed by atoms with Gasteiger partial charge in [0.15, 0.2) is 4.77 Å². The number of benzene rings is 2. The standard InChI is InChI=1S/C27H27N5O2S/c1-18-5-3-7-24(19(18)2)32-26(34)22-9-8-21(15-23(22)29-27(32)35)25(33)31-13-11-30(12-14-31)17-20-6-4-10-28-16-20/h3-10,15-16H,11-14,17H2,1-2H3,(H,29,35). The molecule has 2 aromatic heterocycles. The van der Waals surface area contributed by atoms with E-state index in [-0.39, 0.29) is 11.5 Å². The summed E-state index contributed by atoms with van der Waals surface area (Å²) < 4.78 is 1.84. The number of amides is 1. The van der Waals surface area contributed by atoms with Gasteiger partial charge in [-0.15, -0.1) is 0 Å². The van der Waals surface area contributed by atoms with Crippen LogP contribution in [0.4, 0.5) is 0 Å². The average Bonchev–Trinajstić information content (AvgIpc) is 2.87. The normalized spacial score (nSPS) is 14.4. The third-order valence-electron chi connectivity index (χ3n) is 6.75. The average molecular weight is 486 g/mol. The summed E-state index contributed by atoms with van der Waals surface area (Å²) in [4.78, 5) is 38.1. The highest BCUT2D eigenvalue weighted by atomic mass is 32.1. The van der Waals surface area contributed by atoms with E-state index in [0.717, 1.165) is 36.4 Å². The van der Waals surface area contributed by atoms with Gasteiger partial charge >= 0.3 is 0 Å². The fraction of sp³-hybridized carbons (Fsp3) is 0.259. The van der Waals surface area contributed by atoms with Crippen molar-refractivity contribution in [2.24, 2.45) is 0 Å². The minimum atomic E-state index is -0.194. The van der Waals surface area contributed by atoms with Crippen LogP contribution in [-0.4, -0.2) is 56.4 Å².